The largest absolute Gasteiger partial charge is 0.467 e. The lowest BCUT2D eigenvalue weighted by atomic mass is 10.1. The molecule has 0 unspecified atom stereocenters. The molecule has 1 fully saturated rings. The topological polar surface area (TPSA) is 59.5 Å². The zero-order valence-corrected chi connectivity index (χ0v) is 18.1. The van der Waals surface area contributed by atoms with E-state index in [4.69, 9.17) is 16.3 Å². The van der Waals surface area contributed by atoms with Crippen LogP contribution in [0.1, 0.15) is 24.0 Å². The molecule has 2 aromatic carbocycles. The van der Waals surface area contributed by atoms with Gasteiger partial charge in [-0.2, -0.15) is 4.31 Å². The summed E-state index contributed by atoms with van der Waals surface area (Å²) in [7, 11) is -3.50. The van der Waals surface area contributed by atoms with Gasteiger partial charge in [0.1, 0.15) is 6.10 Å². The van der Waals surface area contributed by atoms with E-state index in [0.29, 0.717) is 36.1 Å². The summed E-state index contributed by atoms with van der Waals surface area (Å²) in [6, 6.07) is 10.5. The van der Waals surface area contributed by atoms with Crippen molar-refractivity contribution in [2.75, 3.05) is 13.1 Å². The Hall–Kier alpha value is -1.67. The first kappa shape index (κ1) is 19.6. The predicted octanol–water partition coefficient (Wildman–Crippen LogP) is 4.80. The molecule has 0 radical (unpaired) electrons. The quantitative estimate of drug-likeness (QED) is 0.589. The number of ether oxygens (including phenoxy) is 1. The number of piperidine rings is 1. The summed E-state index contributed by atoms with van der Waals surface area (Å²) in [6.07, 6.45) is 1.25. The van der Waals surface area contributed by atoms with Crippen LogP contribution in [0.4, 0.5) is 0 Å². The zero-order valence-electron chi connectivity index (χ0n) is 15.7. The van der Waals surface area contributed by atoms with Crippen molar-refractivity contribution < 1.29 is 13.2 Å². The van der Waals surface area contributed by atoms with Crippen LogP contribution in [-0.2, 0) is 10.0 Å². The molecule has 1 aliphatic rings. The Morgan fingerprint density at radius 3 is 2.36 bits per heavy atom. The number of aryl methyl sites for hydroxylation is 2. The fourth-order valence-electron chi connectivity index (χ4n) is 3.38. The number of halogens is 1. The Balaban J connectivity index is 1.44. The molecule has 0 N–H and O–H groups in total. The smallest absolute Gasteiger partial charge is 0.274 e. The summed E-state index contributed by atoms with van der Waals surface area (Å²) in [6.45, 7) is 4.98. The van der Waals surface area contributed by atoms with Gasteiger partial charge in [0.15, 0.2) is 0 Å². The van der Waals surface area contributed by atoms with E-state index in [9.17, 15) is 8.42 Å². The third kappa shape index (κ3) is 3.76. The molecule has 8 heteroatoms. The molecule has 3 aromatic rings. The van der Waals surface area contributed by atoms with Gasteiger partial charge < -0.3 is 4.74 Å². The third-order valence-electron chi connectivity index (χ3n) is 5.04. The minimum Gasteiger partial charge on any atom is -0.467 e. The second-order valence-electron chi connectivity index (χ2n) is 7.03. The maximum Gasteiger partial charge on any atom is 0.274 e. The fraction of sp³-hybridized carbons (Fsp3) is 0.350. The molecule has 1 aliphatic heterocycles. The SMILES string of the molecule is Cc1ccc(C)c2sc(OC3CCN(S(=O)(=O)c4ccc(Cl)cc4)CC3)nc12. The van der Waals surface area contributed by atoms with Gasteiger partial charge >= 0.3 is 0 Å². The molecule has 0 bridgehead atoms. The van der Waals surface area contributed by atoms with Gasteiger partial charge in [0.05, 0.1) is 15.1 Å². The molecular formula is C20H21ClN2O3S2. The minimum absolute atomic E-state index is 0.0298. The Morgan fingerprint density at radius 1 is 1.07 bits per heavy atom. The van der Waals surface area contributed by atoms with Crippen LogP contribution in [0, 0.1) is 13.8 Å². The van der Waals surface area contributed by atoms with Gasteiger partial charge in [0.25, 0.3) is 5.19 Å². The molecule has 2 heterocycles. The Morgan fingerprint density at radius 2 is 1.71 bits per heavy atom. The van der Waals surface area contributed by atoms with Crippen molar-refractivity contribution in [3.05, 3.63) is 52.5 Å². The number of aromatic nitrogens is 1. The number of hydrogen-bond acceptors (Lipinski definition) is 5. The average Bonchev–Trinajstić information content (AvgIpc) is 3.11. The Kier molecular flexibility index (Phi) is 5.35. The molecule has 0 amide bonds. The van der Waals surface area contributed by atoms with Crippen LogP contribution >= 0.6 is 22.9 Å². The lowest BCUT2D eigenvalue weighted by Crippen LogP contribution is -2.41. The molecule has 0 atom stereocenters. The van der Waals surface area contributed by atoms with Gasteiger partial charge in [0.2, 0.25) is 10.0 Å². The first-order valence-corrected chi connectivity index (χ1v) is 11.8. The van der Waals surface area contributed by atoms with E-state index < -0.39 is 10.0 Å². The van der Waals surface area contributed by atoms with Gasteiger partial charge in [-0.25, -0.2) is 13.4 Å². The van der Waals surface area contributed by atoms with Crippen LogP contribution in [0.3, 0.4) is 0 Å². The number of sulfonamides is 1. The summed E-state index contributed by atoms with van der Waals surface area (Å²) in [5, 5.41) is 1.18. The van der Waals surface area contributed by atoms with E-state index >= 15 is 0 Å². The summed E-state index contributed by atoms with van der Waals surface area (Å²) in [5.74, 6) is 0. The first-order valence-electron chi connectivity index (χ1n) is 9.14. The van der Waals surface area contributed by atoms with Crippen molar-refractivity contribution >= 4 is 43.2 Å². The molecule has 28 heavy (non-hydrogen) atoms. The van der Waals surface area contributed by atoms with E-state index in [2.05, 4.69) is 24.0 Å². The monoisotopic (exact) mass is 436 g/mol. The number of nitrogens with zero attached hydrogens (tertiary/aromatic N) is 2. The maximum absolute atomic E-state index is 12.8. The summed E-state index contributed by atoms with van der Waals surface area (Å²) in [5.41, 5.74) is 3.31. The normalized spacial score (nSPS) is 16.5. The van der Waals surface area contributed by atoms with Gasteiger partial charge in [0, 0.05) is 18.1 Å². The highest BCUT2D eigenvalue weighted by Crippen LogP contribution is 2.34. The molecule has 1 aromatic heterocycles. The first-order chi connectivity index (χ1) is 13.3. The van der Waals surface area contributed by atoms with Crippen molar-refractivity contribution in [1.82, 2.24) is 9.29 Å². The van der Waals surface area contributed by atoms with Crippen LogP contribution in [0.15, 0.2) is 41.3 Å². The van der Waals surface area contributed by atoms with Crippen molar-refractivity contribution in [3.8, 4) is 5.19 Å². The van der Waals surface area contributed by atoms with Gasteiger partial charge in [-0.05, 0) is 62.1 Å². The fourth-order valence-corrected chi connectivity index (χ4v) is 6.00. The third-order valence-corrected chi connectivity index (χ3v) is 8.29. The predicted molar refractivity (Wildman–Crippen MR) is 113 cm³/mol. The molecule has 0 spiro atoms. The molecule has 0 aliphatic carbocycles. The number of thiazole rings is 1. The number of hydrogen-bond donors (Lipinski definition) is 0. The van der Waals surface area contributed by atoms with Gasteiger partial charge in [-0.3, -0.25) is 0 Å². The Bertz CT molecular complexity index is 1060. The minimum atomic E-state index is -3.50. The zero-order chi connectivity index (χ0) is 19.9. The van der Waals surface area contributed by atoms with Crippen LogP contribution in [0.5, 0.6) is 5.19 Å². The van der Waals surface area contributed by atoms with Crippen LogP contribution < -0.4 is 4.74 Å². The van der Waals surface area contributed by atoms with Gasteiger partial charge in [-0.1, -0.05) is 35.1 Å². The highest BCUT2D eigenvalue weighted by Gasteiger charge is 2.30. The summed E-state index contributed by atoms with van der Waals surface area (Å²) in [4.78, 5) is 4.91. The summed E-state index contributed by atoms with van der Waals surface area (Å²) < 4.78 is 34.3. The molecule has 0 saturated carbocycles. The van der Waals surface area contributed by atoms with Gasteiger partial charge in [-0.15, -0.1) is 0 Å². The molecule has 1 saturated heterocycles. The lowest BCUT2D eigenvalue weighted by Gasteiger charge is -2.30. The van der Waals surface area contributed by atoms with E-state index in [1.54, 1.807) is 35.6 Å². The van der Waals surface area contributed by atoms with E-state index in [1.165, 1.54) is 9.87 Å². The number of benzene rings is 2. The van der Waals surface area contributed by atoms with Crippen molar-refractivity contribution in [1.29, 1.82) is 0 Å². The highest BCUT2D eigenvalue weighted by molar-refractivity contribution is 7.89. The number of fused-ring (bicyclic) bond motifs is 1. The van der Waals surface area contributed by atoms with Crippen molar-refractivity contribution in [3.63, 3.8) is 0 Å². The van der Waals surface area contributed by atoms with Crippen LogP contribution in [0.25, 0.3) is 10.2 Å². The maximum atomic E-state index is 12.8. The van der Waals surface area contributed by atoms with E-state index in [-0.39, 0.29) is 11.0 Å². The average molecular weight is 437 g/mol. The molecule has 5 nitrogen and oxygen atoms in total. The van der Waals surface area contributed by atoms with Crippen LogP contribution in [-0.4, -0.2) is 36.9 Å². The second kappa shape index (κ2) is 7.63. The summed E-state index contributed by atoms with van der Waals surface area (Å²) >= 11 is 7.42. The van der Waals surface area contributed by atoms with Crippen molar-refractivity contribution in [2.45, 2.75) is 37.7 Å². The molecule has 148 valence electrons. The molecular weight excluding hydrogens is 416 g/mol. The van der Waals surface area contributed by atoms with Crippen LogP contribution in [0.2, 0.25) is 5.02 Å². The molecule has 4 rings (SSSR count). The lowest BCUT2D eigenvalue weighted by molar-refractivity contribution is 0.135. The number of rotatable bonds is 4. The van der Waals surface area contributed by atoms with E-state index in [1.807, 2.05) is 6.92 Å². The van der Waals surface area contributed by atoms with Crippen molar-refractivity contribution in [2.24, 2.45) is 0 Å². The Labute approximate surface area is 174 Å². The standard InChI is InChI=1S/C20H21ClN2O3S2/c1-13-3-4-14(2)19-18(13)22-20(27-19)26-16-9-11-23(12-10-16)28(24,25)17-7-5-15(21)6-8-17/h3-8,16H,9-12H2,1-2H3. The highest BCUT2D eigenvalue weighted by atomic mass is 35.5. The second-order valence-corrected chi connectivity index (χ2v) is 10.4. The van der Waals surface area contributed by atoms with E-state index in [0.717, 1.165) is 15.8 Å².